The van der Waals surface area contributed by atoms with Crippen molar-refractivity contribution in [1.29, 1.82) is 5.26 Å². The number of rotatable bonds is 3. The second-order valence-corrected chi connectivity index (χ2v) is 7.46. The molecule has 1 N–H and O–H groups in total. The van der Waals surface area contributed by atoms with Crippen LogP contribution in [-0.4, -0.2) is 38.3 Å². The van der Waals surface area contributed by atoms with Crippen LogP contribution >= 0.6 is 0 Å². The maximum atomic E-state index is 14.7. The molecule has 1 amide bonds. The summed E-state index contributed by atoms with van der Waals surface area (Å²) in [6.07, 6.45) is 10.2. The maximum Gasteiger partial charge on any atom is 0.254 e. The molecule has 5 rings (SSSR count). The van der Waals surface area contributed by atoms with Crippen LogP contribution in [0.3, 0.4) is 0 Å². The molecule has 4 heterocycles. The Morgan fingerprint density at radius 3 is 2.89 bits per heavy atom. The Kier molecular flexibility index (Phi) is 3.79. The van der Waals surface area contributed by atoms with E-state index >= 15 is 0 Å². The molecule has 2 saturated heterocycles. The van der Waals surface area contributed by atoms with E-state index in [1.807, 2.05) is 22.7 Å². The number of carbonyl (C=O) groups is 1. The van der Waals surface area contributed by atoms with Gasteiger partial charge in [0.1, 0.15) is 5.82 Å². The Bertz CT molecular complexity index is 1120. The van der Waals surface area contributed by atoms with Gasteiger partial charge in [0, 0.05) is 12.2 Å². The number of carbonyl (C=O) groups excluding carboxylic acids is 1. The smallest absolute Gasteiger partial charge is 0.254 e. The summed E-state index contributed by atoms with van der Waals surface area (Å²) >= 11 is 0. The number of nitrogens with zero attached hydrogens (tertiary/aromatic N) is 4. The summed E-state index contributed by atoms with van der Waals surface area (Å²) in [6.45, 7) is 0. The first kappa shape index (κ1) is 16.8. The highest BCUT2D eigenvalue weighted by atomic mass is 19.1. The molecule has 2 bridgehead atoms. The normalized spacial score (nSPS) is 23.1. The monoisotopic (exact) mass is 375 g/mol. The van der Waals surface area contributed by atoms with Crippen LogP contribution in [0.4, 0.5) is 4.39 Å². The molecule has 1 aromatic carbocycles. The number of nitriles is 1. The quantitative estimate of drug-likeness (QED) is 0.715. The molecule has 2 aliphatic heterocycles. The molecular formula is C21H18FN5O. The predicted octanol–water partition coefficient (Wildman–Crippen LogP) is 2.96. The van der Waals surface area contributed by atoms with E-state index in [1.165, 1.54) is 12.1 Å². The van der Waals surface area contributed by atoms with E-state index < -0.39 is 11.7 Å². The molecule has 2 aromatic heterocycles. The van der Waals surface area contributed by atoms with Gasteiger partial charge in [0.25, 0.3) is 5.91 Å². The Labute approximate surface area is 161 Å². The highest BCUT2D eigenvalue weighted by Crippen LogP contribution is 2.37. The molecule has 0 saturated carbocycles. The van der Waals surface area contributed by atoms with Crippen molar-refractivity contribution in [2.45, 2.75) is 37.4 Å². The number of aromatic nitrogens is 2. The standard InChI is InChI=1S/C21H18FN5O/c22-18-7-13(14-1-3-16-9-24-12-26(16)10-14)2-5-17(18)21(28)25-19-8-15-4-6-20(19)27(15)11-23/h1-3,5,7,9-10,12,15,19-20H,4,6,8H2,(H,25,28)/t15-,19+,20+/m0/s1. The zero-order chi connectivity index (χ0) is 19.3. The third-order valence-electron chi connectivity index (χ3n) is 5.92. The number of nitrogens with one attached hydrogen (secondary N) is 1. The molecule has 140 valence electrons. The summed E-state index contributed by atoms with van der Waals surface area (Å²) in [6, 6.07) is 8.59. The van der Waals surface area contributed by atoms with Gasteiger partial charge in [-0.1, -0.05) is 12.1 Å². The minimum atomic E-state index is -0.555. The lowest BCUT2D eigenvalue weighted by atomic mass is 9.95. The van der Waals surface area contributed by atoms with E-state index in [4.69, 9.17) is 0 Å². The van der Waals surface area contributed by atoms with E-state index in [-0.39, 0.29) is 23.7 Å². The van der Waals surface area contributed by atoms with Crippen molar-refractivity contribution >= 4 is 11.4 Å². The van der Waals surface area contributed by atoms with Gasteiger partial charge in [0.05, 0.1) is 35.7 Å². The fraction of sp³-hybridized carbons (Fsp3) is 0.286. The minimum absolute atomic E-state index is 0.0266. The van der Waals surface area contributed by atoms with Crippen LogP contribution in [0.2, 0.25) is 0 Å². The Hall–Kier alpha value is -3.40. The van der Waals surface area contributed by atoms with Gasteiger partial charge in [0.15, 0.2) is 6.19 Å². The van der Waals surface area contributed by atoms with Crippen LogP contribution in [0.15, 0.2) is 49.1 Å². The average molecular weight is 375 g/mol. The summed E-state index contributed by atoms with van der Waals surface area (Å²) in [4.78, 5) is 18.5. The Balaban J connectivity index is 1.36. The van der Waals surface area contributed by atoms with E-state index in [1.54, 1.807) is 23.5 Å². The van der Waals surface area contributed by atoms with E-state index in [0.717, 1.165) is 30.3 Å². The molecule has 2 aliphatic rings. The van der Waals surface area contributed by atoms with Crippen molar-refractivity contribution in [2.24, 2.45) is 0 Å². The molecule has 3 aromatic rings. The third kappa shape index (κ3) is 2.61. The minimum Gasteiger partial charge on any atom is -0.347 e. The number of pyridine rings is 1. The van der Waals surface area contributed by atoms with Crippen LogP contribution in [0.25, 0.3) is 16.6 Å². The van der Waals surface area contributed by atoms with Gasteiger partial charge in [0.2, 0.25) is 0 Å². The molecular weight excluding hydrogens is 357 g/mol. The van der Waals surface area contributed by atoms with Crippen molar-refractivity contribution in [3.05, 3.63) is 60.4 Å². The summed E-state index contributed by atoms with van der Waals surface area (Å²) in [5, 5.41) is 12.2. The van der Waals surface area contributed by atoms with Gasteiger partial charge in [-0.2, -0.15) is 5.26 Å². The zero-order valence-corrected chi connectivity index (χ0v) is 15.0. The van der Waals surface area contributed by atoms with Crippen LogP contribution in [0, 0.1) is 17.3 Å². The molecule has 6 nitrogen and oxygen atoms in total. The number of benzene rings is 1. The molecule has 0 spiro atoms. The maximum absolute atomic E-state index is 14.7. The third-order valence-corrected chi connectivity index (χ3v) is 5.92. The molecule has 0 aliphatic carbocycles. The first-order valence-corrected chi connectivity index (χ1v) is 9.34. The number of hydrogen-bond acceptors (Lipinski definition) is 4. The van der Waals surface area contributed by atoms with Gasteiger partial charge in [-0.15, -0.1) is 0 Å². The zero-order valence-electron chi connectivity index (χ0n) is 15.0. The highest BCUT2D eigenvalue weighted by molar-refractivity contribution is 5.95. The van der Waals surface area contributed by atoms with Gasteiger partial charge in [-0.25, -0.2) is 9.37 Å². The fourth-order valence-electron chi connectivity index (χ4n) is 4.52. The van der Waals surface area contributed by atoms with E-state index in [0.29, 0.717) is 5.56 Å². The molecule has 28 heavy (non-hydrogen) atoms. The number of halogens is 1. The Morgan fingerprint density at radius 2 is 2.11 bits per heavy atom. The van der Waals surface area contributed by atoms with Gasteiger partial charge in [-0.05, 0) is 48.6 Å². The van der Waals surface area contributed by atoms with Crippen molar-refractivity contribution < 1.29 is 9.18 Å². The molecule has 3 atom stereocenters. The summed E-state index contributed by atoms with van der Waals surface area (Å²) < 4.78 is 16.6. The molecule has 0 radical (unpaired) electrons. The van der Waals surface area contributed by atoms with Crippen LogP contribution in [0.5, 0.6) is 0 Å². The largest absolute Gasteiger partial charge is 0.347 e. The second kappa shape index (κ2) is 6.34. The van der Waals surface area contributed by atoms with Gasteiger partial charge >= 0.3 is 0 Å². The predicted molar refractivity (Wildman–Crippen MR) is 101 cm³/mol. The first-order valence-electron chi connectivity index (χ1n) is 9.34. The lowest BCUT2D eigenvalue weighted by Crippen LogP contribution is -2.43. The number of amides is 1. The number of imidazole rings is 1. The summed E-state index contributed by atoms with van der Waals surface area (Å²) in [7, 11) is 0. The van der Waals surface area contributed by atoms with E-state index in [9.17, 15) is 14.4 Å². The van der Waals surface area contributed by atoms with Crippen molar-refractivity contribution in [1.82, 2.24) is 19.6 Å². The lowest BCUT2D eigenvalue weighted by molar-refractivity contribution is 0.0924. The van der Waals surface area contributed by atoms with Crippen molar-refractivity contribution in [2.75, 3.05) is 0 Å². The fourth-order valence-corrected chi connectivity index (χ4v) is 4.52. The van der Waals surface area contributed by atoms with Crippen LogP contribution in [-0.2, 0) is 0 Å². The second-order valence-electron chi connectivity index (χ2n) is 7.46. The van der Waals surface area contributed by atoms with Gasteiger partial charge < -0.3 is 14.6 Å². The van der Waals surface area contributed by atoms with Gasteiger partial charge in [-0.3, -0.25) is 4.79 Å². The Morgan fingerprint density at radius 1 is 1.25 bits per heavy atom. The molecule has 0 unspecified atom stereocenters. The summed E-state index contributed by atoms with van der Waals surface area (Å²) in [5.74, 6) is -0.981. The topological polar surface area (TPSA) is 73.4 Å². The van der Waals surface area contributed by atoms with Crippen LogP contribution in [0.1, 0.15) is 29.6 Å². The number of fused-ring (bicyclic) bond motifs is 3. The number of hydrogen-bond donors (Lipinski definition) is 1. The lowest BCUT2D eigenvalue weighted by Gasteiger charge is -2.22. The molecule has 2 fully saturated rings. The highest BCUT2D eigenvalue weighted by Gasteiger charge is 2.46. The van der Waals surface area contributed by atoms with Crippen LogP contribution < -0.4 is 5.32 Å². The summed E-state index contributed by atoms with van der Waals surface area (Å²) in [5.41, 5.74) is 2.52. The first-order chi connectivity index (χ1) is 13.6. The van der Waals surface area contributed by atoms with E-state index in [2.05, 4.69) is 16.5 Å². The van der Waals surface area contributed by atoms with Crippen molar-refractivity contribution in [3.63, 3.8) is 0 Å². The average Bonchev–Trinajstić information content (AvgIpc) is 3.40. The SMILES string of the molecule is N#CN1[C@H]2CC[C@@H]1[C@H](NC(=O)c1ccc(-c3ccc4cncn4c3)cc1F)C2. The molecule has 7 heteroatoms. The van der Waals surface area contributed by atoms with Crippen molar-refractivity contribution in [3.8, 4) is 17.3 Å².